The first kappa shape index (κ1) is 14.2. The van der Waals surface area contributed by atoms with E-state index < -0.39 is 0 Å². The van der Waals surface area contributed by atoms with E-state index in [9.17, 15) is 4.79 Å². The van der Waals surface area contributed by atoms with Gasteiger partial charge in [-0.05, 0) is 49.7 Å². The van der Waals surface area contributed by atoms with Crippen LogP contribution in [0.4, 0.5) is 5.69 Å². The third-order valence-corrected chi connectivity index (χ3v) is 3.30. The summed E-state index contributed by atoms with van der Waals surface area (Å²) < 4.78 is 0. The summed E-state index contributed by atoms with van der Waals surface area (Å²) in [6, 6.07) is 13.0. The fourth-order valence-electron chi connectivity index (χ4n) is 1.90. The minimum atomic E-state index is -0.116. The van der Waals surface area contributed by atoms with Crippen LogP contribution in [-0.4, -0.2) is 10.9 Å². The summed E-state index contributed by atoms with van der Waals surface area (Å²) in [5.41, 5.74) is 9.73. The van der Waals surface area contributed by atoms with E-state index in [-0.39, 0.29) is 5.91 Å². The normalized spacial score (nSPS) is 10.1. The van der Waals surface area contributed by atoms with Crippen molar-refractivity contribution in [3.05, 3.63) is 64.7 Å². The lowest BCUT2D eigenvalue weighted by molar-refractivity contribution is 0.102. The summed E-state index contributed by atoms with van der Waals surface area (Å²) in [6.07, 6.45) is 0. The molecule has 0 bridgehead atoms. The SMILES string of the molecule is Cc1ccc(C)c(C(=O)Nc2ccc(C(N)=S)cc2)c1. The Hall–Kier alpha value is -2.20. The average Bonchev–Trinajstić information content (AvgIpc) is 2.42. The molecule has 0 atom stereocenters. The molecule has 0 radical (unpaired) electrons. The molecule has 0 fully saturated rings. The van der Waals surface area contributed by atoms with Gasteiger partial charge in [-0.1, -0.05) is 29.9 Å². The van der Waals surface area contributed by atoms with Gasteiger partial charge in [-0.2, -0.15) is 0 Å². The van der Waals surface area contributed by atoms with Crippen molar-refractivity contribution < 1.29 is 4.79 Å². The van der Waals surface area contributed by atoms with Crippen molar-refractivity contribution in [2.75, 3.05) is 5.32 Å². The van der Waals surface area contributed by atoms with Crippen molar-refractivity contribution in [3.8, 4) is 0 Å². The molecule has 2 aromatic rings. The number of carbonyl (C=O) groups excluding carboxylic acids is 1. The van der Waals surface area contributed by atoms with Crippen LogP contribution in [0.2, 0.25) is 0 Å². The van der Waals surface area contributed by atoms with Crippen molar-refractivity contribution in [2.24, 2.45) is 5.73 Å². The van der Waals surface area contributed by atoms with Gasteiger partial charge in [-0.15, -0.1) is 0 Å². The number of amides is 1. The number of hydrogen-bond acceptors (Lipinski definition) is 2. The van der Waals surface area contributed by atoms with E-state index in [0.717, 1.165) is 22.4 Å². The van der Waals surface area contributed by atoms with Gasteiger partial charge in [0, 0.05) is 16.8 Å². The molecular weight excluding hydrogens is 268 g/mol. The molecular formula is C16H16N2OS. The molecule has 0 unspecified atom stereocenters. The number of anilines is 1. The van der Waals surface area contributed by atoms with Crippen LogP contribution in [0, 0.1) is 13.8 Å². The number of benzene rings is 2. The second kappa shape index (κ2) is 5.84. The van der Waals surface area contributed by atoms with E-state index in [1.54, 1.807) is 24.3 Å². The topological polar surface area (TPSA) is 55.1 Å². The van der Waals surface area contributed by atoms with E-state index in [2.05, 4.69) is 5.32 Å². The Bertz CT molecular complexity index is 663. The second-order valence-electron chi connectivity index (χ2n) is 4.71. The smallest absolute Gasteiger partial charge is 0.255 e. The number of aryl methyl sites for hydroxylation is 2. The Balaban J connectivity index is 2.19. The summed E-state index contributed by atoms with van der Waals surface area (Å²) in [7, 11) is 0. The van der Waals surface area contributed by atoms with Crippen LogP contribution >= 0.6 is 12.2 Å². The summed E-state index contributed by atoms with van der Waals surface area (Å²) in [4.78, 5) is 12.6. The first-order chi connectivity index (χ1) is 9.47. The molecule has 0 aliphatic rings. The highest BCUT2D eigenvalue weighted by molar-refractivity contribution is 7.80. The number of carbonyl (C=O) groups is 1. The molecule has 4 heteroatoms. The molecule has 20 heavy (non-hydrogen) atoms. The first-order valence-electron chi connectivity index (χ1n) is 6.26. The average molecular weight is 284 g/mol. The van der Waals surface area contributed by atoms with Gasteiger partial charge in [-0.3, -0.25) is 4.79 Å². The zero-order valence-corrected chi connectivity index (χ0v) is 12.3. The number of rotatable bonds is 3. The maximum Gasteiger partial charge on any atom is 0.255 e. The maximum absolute atomic E-state index is 12.2. The second-order valence-corrected chi connectivity index (χ2v) is 5.15. The van der Waals surface area contributed by atoms with E-state index in [1.165, 1.54) is 0 Å². The molecule has 0 aliphatic heterocycles. The van der Waals surface area contributed by atoms with E-state index in [1.807, 2.05) is 32.0 Å². The molecule has 0 spiro atoms. The Morgan fingerprint density at radius 3 is 2.35 bits per heavy atom. The van der Waals surface area contributed by atoms with E-state index >= 15 is 0 Å². The fourth-order valence-corrected chi connectivity index (χ4v) is 2.03. The van der Waals surface area contributed by atoms with Gasteiger partial charge in [0.1, 0.15) is 4.99 Å². The van der Waals surface area contributed by atoms with Gasteiger partial charge >= 0.3 is 0 Å². The largest absolute Gasteiger partial charge is 0.389 e. The van der Waals surface area contributed by atoms with Crippen molar-refractivity contribution in [3.63, 3.8) is 0 Å². The van der Waals surface area contributed by atoms with Crippen molar-refractivity contribution in [1.29, 1.82) is 0 Å². The minimum absolute atomic E-state index is 0.116. The molecule has 0 aromatic heterocycles. The number of thiocarbonyl (C=S) groups is 1. The van der Waals surface area contributed by atoms with Crippen molar-refractivity contribution in [1.82, 2.24) is 0 Å². The van der Waals surface area contributed by atoms with Crippen molar-refractivity contribution in [2.45, 2.75) is 13.8 Å². The molecule has 102 valence electrons. The summed E-state index contributed by atoms with van der Waals surface area (Å²) >= 11 is 4.89. The maximum atomic E-state index is 12.2. The van der Waals surface area contributed by atoms with E-state index in [0.29, 0.717) is 10.6 Å². The molecule has 0 saturated heterocycles. The molecule has 3 nitrogen and oxygen atoms in total. The zero-order valence-electron chi connectivity index (χ0n) is 11.4. The Morgan fingerprint density at radius 1 is 1.10 bits per heavy atom. The standard InChI is InChI=1S/C16H16N2OS/c1-10-3-4-11(2)14(9-10)16(19)18-13-7-5-12(6-8-13)15(17)20/h3-9H,1-2H3,(H2,17,20)(H,18,19). The highest BCUT2D eigenvalue weighted by Gasteiger charge is 2.09. The third-order valence-electron chi connectivity index (χ3n) is 3.06. The quantitative estimate of drug-likeness (QED) is 0.851. The molecule has 0 aliphatic carbocycles. The van der Waals surface area contributed by atoms with Crippen LogP contribution in [0.25, 0.3) is 0 Å². The lowest BCUT2D eigenvalue weighted by Crippen LogP contribution is -2.14. The molecule has 3 N–H and O–H groups in total. The molecule has 2 aromatic carbocycles. The van der Waals surface area contributed by atoms with Gasteiger partial charge < -0.3 is 11.1 Å². The molecule has 0 saturated carbocycles. The highest BCUT2D eigenvalue weighted by atomic mass is 32.1. The summed E-state index contributed by atoms with van der Waals surface area (Å²) in [5, 5.41) is 2.87. The van der Waals surface area contributed by atoms with Gasteiger partial charge in [0.05, 0.1) is 0 Å². The highest BCUT2D eigenvalue weighted by Crippen LogP contribution is 2.15. The molecule has 1 amide bonds. The fraction of sp³-hybridized carbons (Fsp3) is 0.125. The number of hydrogen-bond donors (Lipinski definition) is 2. The molecule has 0 heterocycles. The predicted octanol–water partition coefficient (Wildman–Crippen LogP) is 3.19. The van der Waals surface area contributed by atoms with Crippen molar-refractivity contribution >= 4 is 28.8 Å². The van der Waals surface area contributed by atoms with Crippen LogP contribution in [0.15, 0.2) is 42.5 Å². The van der Waals surface area contributed by atoms with Crippen LogP contribution < -0.4 is 11.1 Å². The number of nitrogens with two attached hydrogens (primary N) is 1. The molecule has 2 rings (SSSR count). The summed E-state index contributed by atoms with van der Waals surface area (Å²) in [5.74, 6) is -0.116. The van der Waals surface area contributed by atoms with Gasteiger partial charge in [-0.25, -0.2) is 0 Å². The predicted molar refractivity (Wildman–Crippen MR) is 86.2 cm³/mol. The summed E-state index contributed by atoms with van der Waals surface area (Å²) in [6.45, 7) is 3.89. The minimum Gasteiger partial charge on any atom is -0.389 e. The van der Waals surface area contributed by atoms with Gasteiger partial charge in [0.15, 0.2) is 0 Å². The Kier molecular flexibility index (Phi) is 4.15. The zero-order chi connectivity index (χ0) is 14.7. The monoisotopic (exact) mass is 284 g/mol. The van der Waals surface area contributed by atoms with Gasteiger partial charge in [0.2, 0.25) is 0 Å². The van der Waals surface area contributed by atoms with E-state index in [4.69, 9.17) is 18.0 Å². The lowest BCUT2D eigenvalue weighted by Gasteiger charge is -2.09. The van der Waals surface area contributed by atoms with Crippen LogP contribution in [0.5, 0.6) is 0 Å². The first-order valence-corrected chi connectivity index (χ1v) is 6.66. The van der Waals surface area contributed by atoms with Crippen LogP contribution in [-0.2, 0) is 0 Å². The number of nitrogens with one attached hydrogen (secondary N) is 1. The Labute approximate surface area is 123 Å². The Morgan fingerprint density at radius 2 is 1.75 bits per heavy atom. The van der Waals surface area contributed by atoms with Crippen LogP contribution in [0.3, 0.4) is 0 Å². The third kappa shape index (κ3) is 3.22. The van der Waals surface area contributed by atoms with Crippen LogP contribution in [0.1, 0.15) is 27.0 Å². The lowest BCUT2D eigenvalue weighted by atomic mass is 10.0. The van der Waals surface area contributed by atoms with Gasteiger partial charge in [0.25, 0.3) is 5.91 Å².